The number of likely N-dealkylation sites (tertiary alicyclic amines) is 1. The van der Waals surface area contributed by atoms with Gasteiger partial charge in [0.15, 0.2) is 0 Å². The number of piperidine rings is 1. The van der Waals surface area contributed by atoms with E-state index in [2.05, 4.69) is 30.2 Å². The van der Waals surface area contributed by atoms with Crippen molar-refractivity contribution in [3.05, 3.63) is 36.4 Å². The van der Waals surface area contributed by atoms with Crippen molar-refractivity contribution >= 4 is 17.8 Å². The number of nitrogens with zero attached hydrogens (tertiary/aromatic N) is 5. The van der Waals surface area contributed by atoms with Crippen LogP contribution in [0.15, 0.2) is 30.7 Å². The Morgan fingerprint density at radius 2 is 1.74 bits per heavy atom. The maximum Gasteiger partial charge on any atom is 0.229 e. The molecule has 2 fully saturated rings. The van der Waals surface area contributed by atoms with Gasteiger partial charge in [-0.3, -0.25) is 10.1 Å². The van der Waals surface area contributed by atoms with Crippen molar-refractivity contribution < 1.29 is 4.79 Å². The SMILES string of the molecule is O=C(C1CCCCC1)N1CCC[C@H](c2ccnc(Nc3ncccn3)n2)C1. The first-order valence-electron chi connectivity index (χ1n) is 9.95. The van der Waals surface area contributed by atoms with Gasteiger partial charge < -0.3 is 4.90 Å². The minimum absolute atomic E-state index is 0.232. The second kappa shape index (κ2) is 8.41. The van der Waals surface area contributed by atoms with Gasteiger partial charge in [0, 0.05) is 43.5 Å². The van der Waals surface area contributed by atoms with Crippen molar-refractivity contribution in [3.63, 3.8) is 0 Å². The van der Waals surface area contributed by atoms with Crippen LogP contribution >= 0.6 is 0 Å². The highest BCUT2D eigenvalue weighted by Gasteiger charge is 2.30. The molecule has 1 aliphatic carbocycles. The van der Waals surface area contributed by atoms with Crippen LogP contribution in [-0.4, -0.2) is 43.8 Å². The number of anilines is 2. The first kappa shape index (κ1) is 17.8. The van der Waals surface area contributed by atoms with Crippen molar-refractivity contribution in [2.45, 2.75) is 50.9 Å². The molecule has 1 saturated heterocycles. The molecular formula is C20H26N6O. The Morgan fingerprint density at radius 1 is 0.963 bits per heavy atom. The Hall–Kier alpha value is -2.57. The van der Waals surface area contributed by atoms with E-state index < -0.39 is 0 Å². The monoisotopic (exact) mass is 366 g/mol. The summed E-state index contributed by atoms with van der Waals surface area (Å²) < 4.78 is 0. The van der Waals surface area contributed by atoms with Crippen molar-refractivity contribution in [1.82, 2.24) is 24.8 Å². The van der Waals surface area contributed by atoms with Crippen LogP contribution in [0.1, 0.15) is 56.6 Å². The zero-order chi connectivity index (χ0) is 18.5. The van der Waals surface area contributed by atoms with Crippen LogP contribution in [0.4, 0.5) is 11.9 Å². The maximum absolute atomic E-state index is 12.9. The van der Waals surface area contributed by atoms with Crippen LogP contribution < -0.4 is 5.32 Å². The molecule has 2 aromatic heterocycles. The Labute approximate surface area is 159 Å². The molecule has 0 unspecified atom stereocenters. The summed E-state index contributed by atoms with van der Waals surface area (Å²) in [5.74, 6) is 1.81. The smallest absolute Gasteiger partial charge is 0.229 e. The molecule has 1 atom stereocenters. The number of amides is 1. The average molecular weight is 366 g/mol. The third-order valence-corrected chi connectivity index (χ3v) is 5.57. The minimum atomic E-state index is 0.232. The highest BCUT2D eigenvalue weighted by atomic mass is 16.2. The molecule has 2 aromatic rings. The van der Waals surface area contributed by atoms with Gasteiger partial charge in [0.25, 0.3) is 0 Å². The van der Waals surface area contributed by atoms with E-state index in [1.807, 2.05) is 6.07 Å². The van der Waals surface area contributed by atoms with Crippen molar-refractivity contribution in [1.29, 1.82) is 0 Å². The number of nitrogens with one attached hydrogen (secondary N) is 1. The summed E-state index contributed by atoms with van der Waals surface area (Å²) in [4.78, 5) is 32.2. The molecule has 27 heavy (non-hydrogen) atoms. The van der Waals surface area contributed by atoms with E-state index in [-0.39, 0.29) is 11.8 Å². The van der Waals surface area contributed by atoms with E-state index in [0.29, 0.717) is 17.8 Å². The number of rotatable bonds is 4. The molecule has 1 saturated carbocycles. The number of aromatic nitrogens is 4. The van der Waals surface area contributed by atoms with Gasteiger partial charge >= 0.3 is 0 Å². The molecule has 0 spiro atoms. The zero-order valence-corrected chi connectivity index (χ0v) is 15.5. The predicted molar refractivity (Wildman–Crippen MR) is 102 cm³/mol. The lowest BCUT2D eigenvalue weighted by atomic mass is 9.87. The second-order valence-corrected chi connectivity index (χ2v) is 7.46. The standard InChI is InChI=1S/C20H26N6O/c27-18(15-6-2-1-3-7-15)26-13-4-8-16(14-26)17-9-12-23-20(24-17)25-19-21-10-5-11-22-19/h5,9-12,15-16H,1-4,6-8,13-14H2,(H,21,22,23,24,25)/t16-/m0/s1. The van der Waals surface area contributed by atoms with Gasteiger partial charge in [-0.2, -0.15) is 0 Å². The van der Waals surface area contributed by atoms with E-state index in [1.165, 1.54) is 19.3 Å². The zero-order valence-electron chi connectivity index (χ0n) is 15.5. The Balaban J connectivity index is 1.43. The molecule has 4 rings (SSSR count). The first-order valence-corrected chi connectivity index (χ1v) is 9.95. The summed E-state index contributed by atoms with van der Waals surface area (Å²) in [6.07, 6.45) is 12.9. The van der Waals surface area contributed by atoms with Gasteiger partial charge in [-0.05, 0) is 37.8 Å². The Bertz CT molecular complexity index is 762. The van der Waals surface area contributed by atoms with E-state index >= 15 is 0 Å². The van der Waals surface area contributed by atoms with Crippen LogP contribution in [0.3, 0.4) is 0 Å². The van der Waals surface area contributed by atoms with Crippen molar-refractivity contribution in [2.24, 2.45) is 5.92 Å². The van der Waals surface area contributed by atoms with Crippen LogP contribution in [0.25, 0.3) is 0 Å². The topological polar surface area (TPSA) is 83.9 Å². The van der Waals surface area contributed by atoms with E-state index in [0.717, 1.165) is 44.5 Å². The number of hydrogen-bond donors (Lipinski definition) is 1. The molecule has 7 nitrogen and oxygen atoms in total. The third-order valence-electron chi connectivity index (χ3n) is 5.57. The molecule has 1 amide bonds. The molecule has 0 radical (unpaired) electrons. The van der Waals surface area contributed by atoms with Gasteiger partial charge in [0.2, 0.25) is 17.8 Å². The molecular weight excluding hydrogens is 340 g/mol. The fraction of sp³-hybridized carbons (Fsp3) is 0.550. The molecule has 1 N–H and O–H groups in total. The van der Waals surface area contributed by atoms with E-state index in [9.17, 15) is 4.79 Å². The Morgan fingerprint density at radius 3 is 2.56 bits per heavy atom. The summed E-state index contributed by atoms with van der Waals surface area (Å²) in [7, 11) is 0. The lowest BCUT2D eigenvalue weighted by molar-refractivity contribution is -0.137. The van der Waals surface area contributed by atoms with E-state index in [4.69, 9.17) is 0 Å². The summed E-state index contributed by atoms with van der Waals surface area (Å²) in [5.41, 5.74) is 0.976. The summed E-state index contributed by atoms with van der Waals surface area (Å²) in [6.45, 7) is 1.63. The molecule has 2 aliphatic rings. The van der Waals surface area contributed by atoms with Gasteiger partial charge in [0.1, 0.15) is 0 Å². The average Bonchev–Trinajstić information content (AvgIpc) is 2.75. The molecule has 1 aliphatic heterocycles. The third kappa shape index (κ3) is 4.40. The maximum atomic E-state index is 12.9. The lowest BCUT2D eigenvalue weighted by Crippen LogP contribution is -2.43. The number of carbonyl (C=O) groups is 1. The normalized spacial score (nSPS) is 21.0. The van der Waals surface area contributed by atoms with Gasteiger partial charge in [-0.25, -0.2) is 19.9 Å². The largest absolute Gasteiger partial charge is 0.342 e. The molecule has 142 valence electrons. The van der Waals surface area contributed by atoms with Gasteiger partial charge in [-0.15, -0.1) is 0 Å². The predicted octanol–water partition coefficient (Wildman–Crippen LogP) is 3.30. The summed E-state index contributed by atoms with van der Waals surface area (Å²) >= 11 is 0. The highest BCUT2D eigenvalue weighted by molar-refractivity contribution is 5.79. The molecule has 0 bridgehead atoms. The van der Waals surface area contributed by atoms with Crippen molar-refractivity contribution in [3.8, 4) is 0 Å². The second-order valence-electron chi connectivity index (χ2n) is 7.46. The quantitative estimate of drug-likeness (QED) is 0.894. The molecule has 7 heteroatoms. The van der Waals surface area contributed by atoms with Gasteiger partial charge in [-0.1, -0.05) is 19.3 Å². The number of hydrogen-bond acceptors (Lipinski definition) is 6. The highest BCUT2D eigenvalue weighted by Crippen LogP contribution is 2.30. The van der Waals surface area contributed by atoms with Crippen LogP contribution in [0.2, 0.25) is 0 Å². The number of carbonyl (C=O) groups excluding carboxylic acids is 1. The molecule has 0 aromatic carbocycles. The van der Waals surface area contributed by atoms with E-state index in [1.54, 1.807) is 24.7 Å². The van der Waals surface area contributed by atoms with Crippen LogP contribution in [0, 0.1) is 5.92 Å². The lowest BCUT2D eigenvalue weighted by Gasteiger charge is -2.35. The van der Waals surface area contributed by atoms with Crippen molar-refractivity contribution in [2.75, 3.05) is 18.4 Å². The fourth-order valence-electron chi connectivity index (χ4n) is 4.15. The first-order chi connectivity index (χ1) is 13.3. The van der Waals surface area contributed by atoms with Crippen LogP contribution in [-0.2, 0) is 4.79 Å². The Kier molecular flexibility index (Phi) is 5.55. The minimum Gasteiger partial charge on any atom is -0.342 e. The van der Waals surface area contributed by atoms with Gasteiger partial charge in [0.05, 0.1) is 5.69 Å². The molecule has 3 heterocycles. The summed E-state index contributed by atoms with van der Waals surface area (Å²) in [5, 5.41) is 3.04. The van der Waals surface area contributed by atoms with Crippen LogP contribution in [0.5, 0.6) is 0 Å². The fourth-order valence-corrected chi connectivity index (χ4v) is 4.15. The summed E-state index contributed by atoms with van der Waals surface area (Å²) in [6, 6.07) is 3.72.